The van der Waals surface area contributed by atoms with Gasteiger partial charge in [-0.15, -0.1) is 0 Å². The van der Waals surface area contributed by atoms with E-state index in [4.69, 9.17) is 14.6 Å². The lowest BCUT2D eigenvalue weighted by atomic mass is 9.91. The third-order valence-electron chi connectivity index (χ3n) is 2.48. The molecule has 1 rings (SSSR count). The van der Waals surface area contributed by atoms with Gasteiger partial charge in [-0.05, 0) is 0 Å². The second-order valence-electron chi connectivity index (χ2n) is 3.30. The molecule has 5 heteroatoms. The van der Waals surface area contributed by atoms with Gasteiger partial charge in [0.2, 0.25) is 0 Å². The van der Waals surface area contributed by atoms with E-state index < -0.39 is 24.6 Å². The highest BCUT2D eigenvalue weighted by atomic mass is 16.7. The van der Waals surface area contributed by atoms with Gasteiger partial charge < -0.3 is 24.8 Å². The highest BCUT2D eigenvalue weighted by Crippen LogP contribution is 2.25. The van der Waals surface area contributed by atoms with E-state index in [-0.39, 0.29) is 12.5 Å². The monoisotopic (exact) mass is 192 g/mol. The fourth-order valence-electron chi connectivity index (χ4n) is 1.47. The summed E-state index contributed by atoms with van der Waals surface area (Å²) in [4.78, 5) is 0. The van der Waals surface area contributed by atoms with Crippen LogP contribution >= 0.6 is 0 Å². The molecule has 3 N–H and O–H groups in total. The van der Waals surface area contributed by atoms with Crippen LogP contribution in [-0.2, 0) is 9.47 Å². The Kier molecular flexibility index (Phi) is 3.63. The molecule has 0 aromatic carbocycles. The molecule has 78 valence electrons. The Morgan fingerprint density at radius 1 is 1.31 bits per heavy atom. The molecule has 0 aromatic rings. The average molecular weight is 192 g/mol. The Balaban J connectivity index is 2.66. The van der Waals surface area contributed by atoms with E-state index in [1.165, 1.54) is 7.11 Å². The third kappa shape index (κ3) is 2.00. The van der Waals surface area contributed by atoms with Crippen LogP contribution in [0.15, 0.2) is 0 Å². The predicted octanol–water partition coefficient (Wildman–Crippen LogP) is -1.29. The molecule has 0 aliphatic carbocycles. The number of hydrogen-bond acceptors (Lipinski definition) is 5. The smallest absolute Gasteiger partial charge is 0.186 e. The predicted molar refractivity (Wildman–Crippen MR) is 43.9 cm³/mol. The van der Waals surface area contributed by atoms with Crippen molar-refractivity contribution < 1.29 is 24.8 Å². The van der Waals surface area contributed by atoms with Crippen molar-refractivity contribution in [3.8, 4) is 0 Å². The fourth-order valence-corrected chi connectivity index (χ4v) is 1.47. The van der Waals surface area contributed by atoms with Crippen LogP contribution in [0.2, 0.25) is 0 Å². The van der Waals surface area contributed by atoms with Crippen molar-refractivity contribution in [1.82, 2.24) is 0 Å². The maximum Gasteiger partial charge on any atom is 0.186 e. The van der Waals surface area contributed by atoms with E-state index in [2.05, 4.69) is 0 Å². The lowest BCUT2D eigenvalue weighted by Gasteiger charge is -2.40. The summed E-state index contributed by atoms with van der Waals surface area (Å²) in [7, 11) is 1.38. The Hall–Kier alpha value is -0.200. The van der Waals surface area contributed by atoms with Crippen molar-refractivity contribution in [2.75, 3.05) is 13.7 Å². The van der Waals surface area contributed by atoms with Crippen molar-refractivity contribution in [3.05, 3.63) is 0 Å². The van der Waals surface area contributed by atoms with Crippen LogP contribution in [0.1, 0.15) is 6.92 Å². The Morgan fingerprint density at radius 2 is 1.92 bits per heavy atom. The maximum atomic E-state index is 9.53. The summed E-state index contributed by atoms with van der Waals surface area (Å²) in [5.41, 5.74) is 0. The van der Waals surface area contributed by atoms with Crippen molar-refractivity contribution in [2.45, 2.75) is 31.5 Å². The van der Waals surface area contributed by atoms with Crippen LogP contribution < -0.4 is 0 Å². The van der Waals surface area contributed by atoms with Gasteiger partial charge in [-0.3, -0.25) is 0 Å². The number of aliphatic hydroxyl groups excluding tert-OH is 3. The fraction of sp³-hybridized carbons (Fsp3) is 1.00. The van der Waals surface area contributed by atoms with E-state index in [0.29, 0.717) is 0 Å². The highest BCUT2D eigenvalue weighted by molar-refractivity contribution is 4.86. The van der Waals surface area contributed by atoms with E-state index in [1.54, 1.807) is 6.92 Å². The minimum atomic E-state index is -1.05. The zero-order chi connectivity index (χ0) is 10.0. The summed E-state index contributed by atoms with van der Waals surface area (Å²) in [6, 6.07) is 0. The molecule has 0 bridgehead atoms. The lowest BCUT2D eigenvalue weighted by molar-refractivity contribution is -0.280. The van der Waals surface area contributed by atoms with E-state index in [0.717, 1.165) is 0 Å². The highest BCUT2D eigenvalue weighted by Gasteiger charge is 2.41. The quantitative estimate of drug-likeness (QED) is 0.507. The van der Waals surface area contributed by atoms with E-state index in [1.807, 2.05) is 0 Å². The van der Waals surface area contributed by atoms with Crippen LogP contribution in [0.25, 0.3) is 0 Å². The van der Waals surface area contributed by atoms with Crippen LogP contribution in [0.5, 0.6) is 0 Å². The number of ether oxygens (including phenoxy) is 2. The largest absolute Gasteiger partial charge is 0.394 e. The van der Waals surface area contributed by atoms with Crippen LogP contribution in [0.4, 0.5) is 0 Å². The molecule has 1 saturated heterocycles. The van der Waals surface area contributed by atoms with Gasteiger partial charge in [0.05, 0.1) is 18.8 Å². The molecule has 0 aromatic heterocycles. The first-order valence-corrected chi connectivity index (χ1v) is 4.27. The van der Waals surface area contributed by atoms with Gasteiger partial charge in [0.25, 0.3) is 0 Å². The van der Waals surface area contributed by atoms with Crippen molar-refractivity contribution in [2.24, 2.45) is 5.92 Å². The molecular formula is C8H16O5. The number of hydrogen-bond donors (Lipinski definition) is 3. The molecule has 0 spiro atoms. The summed E-state index contributed by atoms with van der Waals surface area (Å²) in [6.07, 6.45) is -3.31. The zero-order valence-electron chi connectivity index (χ0n) is 7.75. The van der Waals surface area contributed by atoms with E-state index >= 15 is 0 Å². The first kappa shape index (κ1) is 10.9. The second kappa shape index (κ2) is 4.34. The molecule has 1 heterocycles. The Morgan fingerprint density at radius 3 is 2.38 bits per heavy atom. The molecule has 1 aliphatic rings. The normalized spacial score (nSPS) is 46.4. The van der Waals surface area contributed by atoms with Gasteiger partial charge in [0, 0.05) is 13.0 Å². The van der Waals surface area contributed by atoms with Crippen LogP contribution in [0, 0.1) is 5.92 Å². The van der Waals surface area contributed by atoms with Crippen LogP contribution in [-0.4, -0.2) is 53.6 Å². The van der Waals surface area contributed by atoms with Crippen molar-refractivity contribution >= 4 is 0 Å². The van der Waals surface area contributed by atoms with Gasteiger partial charge in [-0.25, -0.2) is 0 Å². The summed E-state index contributed by atoms with van der Waals surface area (Å²) in [5, 5.41) is 27.9. The molecule has 5 atom stereocenters. The molecule has 1 aliphatic heterocycles. The first-order valence-electron chi connectivity index (χ1n) is 4.27. The summed E-state index contributed by atoms with van der Waals surface area (Å²) < 4.78 is 10.0. The maximum absolute atomic E-state index is 9.53. The zero-order valence-corrected chi connectivity index (χ0v) is 7.75. The third-order valence-corrected chi connectivity index (χ3v) is 2.48. The van der Waals surface area contributed by atoms with E-state index in [9.17, 15) is 10.2 Å². The molecule has 2 unspecified atom stereocenters. The molecule has 5 nitrogen and oxygen atoms in total. The standard InChI is InChI=1S/C8H16O5/c1-4-5(3-9)13-8(12-2)7(11)6(4)10/h4-11H,3H2,1-2H3/t4-,5?,6-,7?,8+/m0/s1. The number of methoxy groups -OCH3 is 1. The first-order chi connectivity index (χ1) is 6.11. The molecule has 0 radical (unpaired) electrons. The van der Waals surface area contributed by atoms with Gasteiger partial charge in [0.1, 0.15) is 6.10 Å². The van der Waals surface area contributed by atoms with Crippen molar-refractivity contribution in [3.63, 3.8) is 0 Å². The minimum Gasteiger partial charge on any atom is -0.394 e. The van der Waals surface area contributed by atoms with Gasteiger partial charge in [-0.2, -0.15) is 0 Å². The minimum absolute atomic E-state index is 0.190. The summed E-state index contributed by atoms with van der Waals surface area (Å²) >= 11 is 0. The lowest BCUT2D eigenvalue weighted by Crippen LogP contribution is -2.55. The molecular weight excluding hydrogens is 176 g/mol. The summed E-state index contributed by atoms with van der Waals surface area (Å²) in [5.74, 6) is -0.300. The van der Waals surface area contributed by atoms with Crippen molar-refractivity contribution in [1.29, 1.82) is 0 Å². The number of aliphatic hydroxyl groups is 3. The summed E-state index contributed by atoms with van der Waals surface area (Å²) in [6.45, 7) is 1.52. The SMILES string of the molecule is CO[C@@H]1OC(CO)[C@H](C)[C@H](O)C1O. The molecule has 13 heavy (non-hydrogen) atoms. The Labute approximate surface area is 76.9 Å². The second-order valence-corrected chi connectivity index (χ2v) is 3.30. The van der Waals surface area contributed by atoms with Gasteiger partial charge in [0.15, 0.2) is 6.29 Å². The molecule has 1 fully saturated rings. The number of rotatable bonds is 2. The topological polar surface area (TPSA) is 79.2 Å². The average Bonchev–Trinajstić information content (AvgIpc) is 2.15. The van der Waals surface area contributed by atoms with Crippen LogP contribution in [0.3, 0.4) is 0 Å². The van der Waals surface area contributed by atoms with Gasteiger partial charge >= 0.3 is 0 Å². The van der Waals surface area contributed by atoms with Gasteiger partial charge in [-0.1, -0.05) is 6.92 Å². The molecule has 0 saturated carbocycles. The molecule has 0 amide bonds. The Bertz CT molecular complexity index is 143.